The van der Waals surface area contributed by atoms with E-state index >= 15 is 0 Å². The first kappa shape index (κ1) is 11.6. The summed E-state index contributed by atoms with van der Waals surface area (Å²) in [7, 11) is 0. The number of rotatable bonds is 2. The zero-order valence-corrected chi connectivity index (χ0v) is 10.2. The normalized spacial score (nSPS) is 29.2. The molecule has 0 aromatic rings. The van der Waals surface area contributed by atoms with E-state index in [-0.39, 0.29) is 10.7 Å². The van der Waals surface area contributed by atoms with Crippen molar-refractivity contribution in [3.63, 3.8) is 0 Å². The molecule has 1 unspecified atom stereocenters. The first-order valence-electron chi connectivity index (χ1n) is 4.07. The summed E-state index contributed by atoms with van der Waals surface area (Å²) in [6, 6.07) is 0. The lowest BCUT2D eigenvalue weighted by Crippen LogP contribution is -2.26. The maximum atomic E-state index is 11.4. The van der Waals surface area contributed by atoms with Crippen LogP contribution in [-0.4, -0.2) is 19.8 Å². The molecule has 0 aromatic carbocycles. The van der Waals surface area contributed by atoms with Gasteiger partial charge in [-0.05, 0) is 27.2 Å². The zero-order valence-electron chi connectivity index (χ0n) is 7.88. The molecule has 0 bridgehead atoms. The van der Waals surface area contributed by atoms with Crippen LogP contribution < -0.4 is 0 Å². The number of nitrogens with zero attached hydrogens (tertiary/aromatic N) is 1. The number of hydrogen-bond acceptors (Lipinski definition) is 2. The third-order valence-electron chi connectivity index (χ3n) is 1.73. The Kier molecular flexibility index (Phi) is 3.23. The topological polar surface area (TPSA) is 35.4 Å². The van der Waals surface area contributed by atoms with Crippen LogP contribution in [0.5, 0.6) is 0 Å². The van der Waals surface area contributed by atoms with Crippen LogP contribution in [-0.2, 0) is 11.4 Å². The second kappa shape index (κ2) is 3.61. The molecule has 0 amide bonds. The summed E-state index contributed by atoms with van der Waals surface area (Å²) in [5.41, 5.74) is 0. The van der Waals surface area contributed by atoms with E-state index in [4.69, 9.17) is 23.2 Å². The highest BCUT2D eigenvalue weighted by molar-refractivity contribution is 7.91. The van der Waals surface area contributed by atoms with Crippen LogP contribution in [0.25, 0.3) is 0 Å². The molecule has 0 heterocycles. The molecule has 0 spiro atoms. The highest BCUT2D eigenvalue weighted by atomic mass is 35.5. The Morgan fingerprint density at radius 3 is 2.31 bits per heavy atom. The van der Waals surface area contributed by atoms with Crippen molar-refractivity contribution in [3.05, 3.63) is 0 Å². The van der Waals surface area contributed by atoms with Crippen molar-refractivity contribution in [2.75, 3.05) is 0 Å². The Morgan fingerprint density at radius 2 is 2.00 bits per heavy atom. The van der Waals surface area contributed by atoms with Crippen molar-refractivity contribution >= 4 is 40.8 Å². The SMILES string of the molecule is CC(C)(C)[S@+]([O-])/N=C/C1CC1(Cl)Cl. The van der Waals surface area contributed by atoms with Gasteiger partial charge in [0.05, 0.1) is 6.21 Å². The molecule has 1 fully saturated rings. The van der Waals surface area contributed by atoms with Gasteiger partial charge in [-0.1, -0.05) is 4.40 Å². The molecule has 2 nitrogen and oxygen atoms in total. The summed E-state index contributed by atoms with van der Waals surface area (Å²) in [6.45, 7) is 5.63. The minimum absolute atomic E-state index is 0.0714. The molecule has 1 saturated carbocycles. The van der Waals surface area contributed by atoms with E-state index in [0.717, 1.165) is 0 Å². The Bertz CT molecular complexity index is 225. The Balaban J connectivity index is 2.42. The smallest absolute Gasteiger partial charge is 0.144 e. The van der Waals surface area contributed by atoms with E-state index in [1.165, 1.54) is 0 Å². The fraction of sp³-hybridized carbons (Fsp3) is 0.875. The predicted molar refractivity (Wildman–Crippen MR) is 58.9 cm³/mol. The lowest BCUT2D eigenvalue weighted by Gasteiger charge is -2.17. The maximum absolute atomic E-state index is 11.4. The number of hydrogen-bond donors (Lipinski definition) is 0. The van der Waals surface area contributed by atoms with Gasteiger partial charge in [-0.3, -0.25) is 0 Å². The summed E-state index contributed by atoms with van der Waals surface area (Å²) in [5, 5.41) is 0. The number of alkyl halides is 2. The fourth-order valence-electron chi connectivity index (χ4n) is 0.683. The van der Waals surface area contributed by atoms with Gasteiger partial charge >= 0.3 is 0 Å². The quantitative estimate of drug-likeness (QED) is 0.416. The van der Waals surface area contributed by atoms with Crippen molar-refractivity contribution in [2.24, 2.45) is 10.3 Å². The third-order valence-corrected chi connectivity index (χ3v) is 3.96. The van der Waals surface area contributed by atoms with Gasteiger partial charge in [0.15, 0.2) is 0 Å². The van der Waals surface area contributed by atoms with Crippen LogP contribution in [0.2, 0.25) is 0 Å². The molecule has 1 rings (SSSR count). The van der Waals surface area contributed by atoms with Gasteiger partial charge in [0.25, 0.3) is 0 Å². The molecule has 1 aliphatic carbocycles. The van der Waals surface area contributed by atoms with Crippen molar-refractivity contribution < 1.29 is 4.55 Å². The van der Waals surface area contributed by atoms with Crippen LogP contribution in [0, 0.1) is 5.92 Å². The van der Waals surface area contributed by atoms with Crippen molar-refractivity contribution in [1.82, 2.24) is 0 Å². The van der Waals surface area contributed by atoms with Crippen LogP contribution in [0.1, 0.15) is 27.2 Å². The second-order valence-corrected chi connectivity index (χ2v) is 7.66. The Morgan fingerprint density at radius 1 is 1.54 bits per heavy atom. The summed E-state index contributed by atoms with van der Waals surface area (Å²) in [6.07, 6.45) is 2.32. The van der Waals surface area contributed by atoms with Crippen molar-refractivity contribution in [1.29, 1.82) is 0 Å². The standard InChI is InChI=1S/C8H13Cl2NOS/c1-7(2,3)13(12)11-5-6-4-8(6,9)10/h5-6H,4H2,1-3H3/b11-5+/t6?,13-/m0/s1. The lowest BCUT2D eigenvalue weighted by molar-refractivity contribution is 0.561. The zero-order chi connectivity index (χ0) is 10.3. The molecule has 5 heteroatoms. The van der Waals surface area contributed by atoms with E-state index in [2.05, 4.69) is 4.40 Å². The van der Waals surface area contributed by atoms with E-state index < -0.39 is 15.7 Å². The average molecular weight is 242 g/mol. The van der Waals surface area contributed by atoms with E-state index in [9.17, 15) is 4.55 Å². The molecular formula is C8H13Cl2NOS. The number of halogens is 2. The molecule has 0 aliphatic heterocycles. The van der Waals surface area contributed by atoms with E-state index in [0.29, 0.717) is 6.42 Å². The van der Waals surface area contributed by atoms with Crippen LogP contribution >= 0.6 is 23.2 Å². The summed E-state index contributed by atoms with van der Waals surface area (Å²) < 4.78 is 14.4. The molecule has 0 N–H and O–H groups in total. The van der Waals surface area contributed by atoms with Gasteiger partial charge in [-0.25, -0.2) is 0 Å². The monoisotopic (exact) mass is 241 g/mol. The molecule has 0 aromatic heterocycles. The minimum atomic E-state index is -1.20. The molecular weight excluding hydrogens is 229 g/mol. The van der Waals surface area contributed by atoms with Crippen LogP contribution in [0.15, 0.2) is 4.40 Å². The Hall–Kier alpha value is 0.560. The summed E-state index contributed by atoms with van der Waals surface area (Å²) >= 11 is 10.4. The fourth-order valence-corrected chi connectivity index (χ4v) is 1.70. The van der Waals surface area contributed by atoms with Crippen LogP contribution in [0.4, 0.5) is 0 Å². The van der Waals surface area contributed by atoms with Gasteiger partial charge in [0.1, 0.15) is 20.4 Å². The van der Waals surface area contributed by atoms with E-state index in [1.54, 1.807) is 6.21 Å². The molecule has 0 saturated heterocycles. The first-order valence-corrected chi connectivity index (χ1v) is 5.94. The summed E-state index contributed by atoms with van der Waals surface area (Å²) in [5.74, 6) is 0.0714. The molecule has 0 radical (unpaired) electrons. The second-order valence-electron chi connectivity index (χ2n) is 4.19. The molecule has 13 heavy (non-hydrogen) atoms. The largest absolute Gasteiger partial charge is 0.591 e. The highest BCUT2D eigenvalue weighted by Gasteiger charge is 2.51. The Labute approximate surface area is 92.0 Å². The first-order chi connectivity index (χ1) is 5.73. The molecule has 76 valence electrons. The van der Waals surface area contributed by atoms with Gasteiger partial charge in [0, 0.05) is 5.92 Å². The average Bonchev–Trinajstić information content (AvgIpc) is 2.52. The van der Waals surface area contributed by atoms with Crippen molar-refractivity contribution in [3.8, 4) is 0 Å². The molecule has 1 aliphatic rings. The van der Waals surface area contributed by atoms with Gasteiger partial charge in [0.2, 0.25) is 0 Å². The third kappa shape index (κ3) is 3.31. The van der Waals surface area contributed by atoms with Crippen LogP contribution in [0.3, 0.4) is 0 Å². The predicted octanol–water partition coefficient (Wildman–Crippen LogP) is 2.71. The minimum Gasteiger partial charge on any atom is -0.591 e. The lowest BCUT2D eigenvalue weighted by atomic mass is 10.3. The van der Waals surface area contributed by atoms with Crippen molar-refractivity contribution in [2.45, 2.75) is 36.3 Å². The maximum Gasteiger partial charge on any atom is 0.144 e. The molecule has 2 atom stereocenters. The van der Waals surface area contributed by atoms with Gasteiger partial charge in [-0.15, -0.1) is 23.2 Å². The van der Waals surface area contributed by atoms with Gasteiger partial charge in [-0.2, -0.15) is 0 Å². The van der Waals surface area contributed by atoms with E-state index in [1.807, 2.05) is 20.8 Å². The summed E-state index contributed by atoms with van der Waals surface area (Å²) in [4.78, 5) is 0. The van der Waals surface area contributed by atoms with Gasteiger partial charge < -0.3 is 4.55 Å². The highest BCUT2D eigenvalue weighted by Crippen LogP contribution is 2.52.